The first-order valence-corrected chi connectivity index (χ1v) is 43.3. The van der Waals surface area contributed by atoms with Crippen LogP contribution in [0.4, 0.5) is 17.6 Å². The summed E-state index contributed by atoms with van der Waals surface area (Å²) in [6.07, 6.45) is 5.76. The monoisotopic (exact) mass is 1670 g/mol. The summed E-state index contributed by atoms with van der Waals surface area (Å²) in [5.41, 5.74) is -4.27. The van der Waals surface area contributed by atoms with Crippen molar-refractivity contribution in [2.75, 3.05) is 26.3 Å². The van der Waals surface area contributed by atoms with Crippen LogP contribution >= 0.6 is 23.2 Å². The summed E-state index contributed by atoms with van der Waals surface area (Å²) < 4.78 is 143. The molecule has 4 aliphatic heterocycles. The van der Waals surface area contributed by atoms with E-state index in [9.17, 15) is 72.8 Å². The molecule has 24 nitrogen and oxygen atoms in total. The number of allylic oxidation sites excluding steroid dienone is 4. The lowest BCUT2D eigenvalue weighted by Crippen LogP contribution is -2.47. The SMILES string of the molecule is C[C@@H]1CC/C=C\[C@@H]2C[C@@]2(C(=O)NS(=O)(=O)C2CC2)CC(=O)[C@@H]2C[C@@H](Oc3nc(OCC(F)F)cc4c(Cl)cccc34)CN2C(=O)[C@@H](CC(=O)OC(C)(C)C)[C@H](C)C1.C[C@H]1CC/C=C\[C@@H]2C[C@@]2(C(=O)NS(=O)(=O)C2CC2)CC(=O)[C@@H]2C[C@@H](Oc3nc(OCC(F)F)cc4c(Cl)cccc34)CN2C(=O)[C@@H](CC(=O)OC(C)(C)C)[C@H](C)C1. The highest BCUT2D eigenvalue weighted by Crippen LogP contribution is 2.59. The summed E-state index contributed by atoms with van der Waals surface area (Å²) in [6, 6.07) is 10.6. The Balaban J connectivity index is 0.000000225. The largest absolute Gasteiger partial charge is 0.472 e. The number of rotatable bonds is 20. The first-order chi connectivity index (χ1) is 53.5. The minimum atomic E-state index is -3.91. The second-order valence-corrected chi connectivity index (χ2v) is 39.3. The molecule has 0 bridgehead atoms. The molecule has 4 aliphatic carbocycles. The highest BCUT2D eigenvalue weighted by atomic mass is 35.5. The first-order valence-electron chi connectivity index (χ1n) is 39.4. The minimum Gasteiger partial charge on any atom is -0.472 e. The number of ether oxygens (including phenoxy) is 6. The van der Waals surface area contributed by atoms with E-state index in [0.29, 0.717) is 83.0 Å². The molecule has 4 aromatic rings. The number of esters is 2. The molecule has 2 saturated heterocycles. The second kappa shape index (κ2) is 35.2. The van der Waals surface area contributed by atoms with Gasteiger partial charge in [-0.15, -0.1) is 0 Å². The topological polar surface area (TPSA) is 317 Å². The summed E-state index contributed by atoms with van der Waals surface area (Å²) in [6.45, 7) is 16.4. The van der Waals surface area contributed by atoms with Crippen LogP contribution in [0.5, 0.6) is 23.5 Å². The number of fused-ring (bicyclic) bond motifs is 6. The van der Waals surface area contributed by atoms with Crippen LogP contribution in [-0.4, -0.2) is 169 Å². The average molecular weight is 1670 g/mol. The third kappa shape index (κ3) is 21.7. The van der Waals surface area contributed by atoms with Gasteiger partial charge >= 0.3 is 11.9 Å². The molecule has 2 aromatic carbocycles. The number of nitrogens with one attached hydrogen (secondary N) is 2. The van der Waals surface area contributed by atoms with Crippen LogP contribution in [-0.2, 0) is 67.9 Å². The van der Waals surface area contributed by atoms with Gasteiger partial charge in [-0.2, -0.15) is 9.97 Å². The quantitative estimate of drug-likeness (QED) is 0.0472. The van der Waals surface area contributed by atoms with Crippen molar-refractivity contribution in [1.82, 2.24) is 29.2 Å². The zero-order valence-electron chi connectivity index (χ0n) is 65.9. The summed E-state index contributed by atoms with van der Waals surface area (Å²) in [5, 5.41) is 1.03. The van der Waals surface area contributed by atoms with E-state index in [1.165, 1.54) is 21.9 Å². The molecule has 114 heavy (non-hydrogen) atoms. The van der Waals surface area contributed by atoms with E-state index < -0.39 is 162 Å². The number of carbonyl (C=O) groups is 8. The Labute approximate surface area is 673 Å². The molecule has 0 radical (unpaired) electrons. The van der Waals surface area contributed by atoms with Gasteiger partial charge in [0.25, 0.3) is 12.9 Å². The Morgan fingerprint density at radius 2 is 0.921 bits per heavy atom. The highest BCUT2D eigenvalue weighted by molar-refractivity contribution is 7.91. The number of Topliss-reactive ketones (excluding diaryl/α,β-unsaturated/α-hetero) is 2. The number of nitrogens with zero attached hydrogens (tertiary/aromatic N) is 4. The predicted molar refractivity (Wildman–Crippen MR) is 417 cm³/mol. The van der Waals surface area contributed by atoms with Crippen molar-refractivity contribution in [3.05, 3.63) is 82.9 Å². The molecule has 32 heteroatoms. The minimum absolute atomic E-state index is 0.00655. The standard InChI is InChI=1S/2C41H52ClF2N3O9S/c2*1-23-9-6-7-10-25-19-41(25,39(51)46-57(52,53)27-13-14-27)20-33(48)32-16-26(21-47(32)38(50)29(24(2)15-23)18-36(49)56-40(3,4)5)55-37-28-11-8-12-31(42)30(28)17-35(45-37)54-22-34(43)44/h2*7-8,10-12,17,23-27,29,32,34H,6,9,13-16,18-22H2,1-5H3,(H,46,51)/b2*10-7-/t23-,24+,25+,26+,29-,32-,41+;23-,24-,25-,26-,29+,32+,41-/m01/s1. The molecule has 8 aliphatic rings. The normalized spacial score (nSPS) is 29.2. The van der Waals surface area contributed by atoms with E-state index in [4.69, 9.17) is 51.6 Å². The fourth-order valence-corrected chi connectivity index (χ4v) is 19.6. The number of ketones is 2. The molecule has 0 unspecified atom stereocenters. The van der Waals surface area contributed by atoms with Gasteiger partial charge in [0.15, 0.2) is 24.8 Å². The lowest BCUT2D eigenvalue weighted by molar-refractivity contribution is -0.160. The van der Waals surface area contributed by atoms with Gasteiger partial charge in [-0.25, -0.2) is 34.4 Å². The average Bonchev–Trinajstić information content (AvgIpc) is 1.57. The summed E-state index contributed by atoms with van der Waals surface area (Å²) in [4.78, 5) is 125. The van der Waals surface area contributed by atoms with Crippen molar-refractivity contribution in [2.24, 2.45) is 58.2 Å². The summed E-state index contributed by atoms with van der Waals surface area (Å²) >= 11 is 13.0. The van der Waals surface area contributed by atoms with Crippen molar-refractivity contribution in [1.29, 1.82) is 0 Å². The smallest absolute Gasteiger partial charge is 0.307 e. The third-order valence-electron chi connectivity index (χ3n) is 22.7. The van der Waals surface area contributed by atoms with Gasteiger partial charge in [0.1, 0.15) is 23.4 Å². The Kier molecular flexibility index (Phi) is 26.9. The van der Waals surface area contributed by atoms with E-state index in [1.807, 2.05) is 38.2 Å². The zero-order chi connectivity index (χ0) is 82.9. The van der Waals surface area contributed by atoms with Crippen LogP contribution in [0.1, 0.15) is 185 Å². The van der Waals surface area contributed by atoms with Crippen LogP contribution in [0.3, 0.4) is 0 Å². The molecule has 0 spiro atoms. The number of sulfonamides is 2. The van der Waals surface area contributed by atoms with Gasteiger partial charge < -0.3 is 38.2 Å². The summed E-state index contributed by atoms with van der Waals surface area (Å²) in [5.74, 6) is -7.50. The van der Waals surface area contributed by atoms with E-state index in [-0.39, 0.29) is 123 Å². The molecule has 6 heterocycles. The number of carbonyl (C=O) groups excluding carboxylic acids is 8. The van der Waals surface area contributed by atoms with Crippen LogP contribution in [0.2, 0.25) is 10.0 Å². The fraction of sp³-hybridized carbons (Fsp3) is 0.634. The van der Waals surface area contributed by atoms with Gasteiger partial charge in [0.05, 0.1) is 71.2 Å². The van der Waals surface area contributed by atoms with Crippen LogP contribution in [0.25, 0.3) is 21.5 Å². The van der Waals surface area contributed by atoms with E-state index in [1.54, 1.807) is 77.9 Å². The van der Waals surface area contributed by atoms with Crippen molar-refractivity contribution < 1.29 is 101 Å². The number of aromatic nitrogens is 2. The molecule has 2 N–H and O–H groups in total. The molecule has 4 amide bonds. The number of hydrogen-bond donors (Lipinski definition) is 2. The number of hydrogen-bond acceptors (Lipinski definition) is 20. The first kappa shape index (κ1) is 87.1. The highest BCUT2D eigenvalue weighted by Gasteiger charge is 2.64. The molecular weight excluding hydrogens is 1570 g/mol. The van der Waals surface area contributed by atoms with Crippen LogP contribution in [0, 0.1) is 58.2 Å². The molecule has 624 valence electrons. The Morgan fingerprint density at radius 1 is 0.553 bits per heavy atom. The molecule has 12 rings (SSSR count). The number of pyridine rings is 2. The molecule has 2 aromatic heterocycles. The van der Waals surface area contributed by atoms with Crippen molar-refractivity contribution in [3.63, 3.8) is 0 Å². The Bertz CT molecular complexity index is 4330. The van der Waals surface area contributed by atoms with Gasteiger partial charge in [-0.05, 0) is 178 Å². The third-order valence-corrected chi connectivity index (χ3v) is 27.0. The van der Waals surface area contributed by atoms with Gasteiger partial charge in [-0.3, -0.25) is 47.8 Å². The molecular formula is C82H104Cl2F4N6O18S2. The Morgan fingerprint density at radius 3 is 1.26 bits per heavy atom. The lowest BCUT2D eigenvalue weighted by atomic mass is 9.82. The number of alkyl halides is 4. The Hall–Kier alpha value is -7.70. The number of amides is 4. The molecule has 14 atom stereocenters. The van der Waals surface area contributed by atoms with Crippen LogP contribution < -0.4 is 28.4 Å². The van der Waals surface area contributed by atoms with Gasteiger partial charge in [0, 0.05) is 69.4 Å². The van der Waals surface area contributed by atoms with E-state index >= 15 is 0 Å². The van der Waals surface area contributed by atoms with Crippen molar-refractivity contribution in [3.8, 4) is 23.5 Å². The zero-order valence-corrected chi connectivity index (χ0v) is 69.1. The maximum Gasteiger partial charge on any atom is 0.307 e. The molecule has 6 fully saturated rings. The maximum absolute atomic E-state index is 14.9. The fourth-order valence-electron chi connectivity index (χ4n) is 16.4. The van der Waals surface area contributed by atoms with Crippen LogP contribution in [0.15, 0.2) is 72.8 Å². The molecule has 4 saturated carbocycles. The van der Waals surface area contributed by atoms with E-state index in [0.717, 1.165) is 12.8 Å². The number of halogens is 6. The predicted octanol–water partition coefficient (Wildman–Crippen LogP) is 13.6. The van der Waals surface area contributed by atoms with Crippen molar-refractivity contribution in [2.45, 2.75) is 244 Å². The van der Waals surface area contributed by atoms with Gasteiger partial charge in [0.2, 0.25) is 67.2 Å². The lowest BCUT2D eigenvalue weighted by Gasteiger charge is -2.32. The maximum atomic E-state index is 14.9. The van der Waals surface area contributed by atoms with E-state index in [2.05, 4.69) is 33.3 Å². The number of benzene rings is 2. The van der Waals surface area contributed by atoms with Crippen molar-refractivity contribution >= 4 is 112 Å². The van der Waals surface area contributed by atoms with Gasteiger partial charge in [-0.1, -0.05) is 87.3 Å². The summed E-state index contributed by atoms with van der Waals surface area (Å²) in [7, 11) is -7.82. The second-order valence-electron chi connectivity index (χ2n) is 34.6.